The molecule has 0 aliphatic carbocycles. The number of hydrogen-bond donors (Lipinski definition) is 0. The molecule has 1 aliphatic rings. The molecule has 4 rings (SSSR count). The summed E-state index contributed by atoms with van der Waals surface area (Å²) in [6.45, 7) is 1.63. The maximum atomic E-state index is 11.6. The van der Waals surface area contributed by atoms with Crippen molar-refractivity contribution in [3.63, 3.8) is 0 Å². The van der Waals surface area contributed by atoms with Gasteiger partial charge in [-0.3, -0.25) is 4.68 Å². The van der Waals surface area contributed by atoms with Crippen LogP contribution in [-0.4, -0.2) is 60.9 Å². The molecule has 0 bridgehead atoms. The van der Waals surface area contributed by atoms with Gasteiger partial charge in [0.1, 0.15) is 12.1 Å². The van der Waals surface area contributed by atoms with Crippen molar-refractivity contribution in [3.8, 4) is 0 Å². The van der Waals surface area contributed by atoms with E-state index in [9.17, 15) is 4.79 Å². The van der Waals surface area contributed by atoms with E-state index >= 15 is 0 Å². The minimum atomic E-state index is -0.480. The fraction of sp³-hybridized carbons (Fsp3) is 0.467. The van der Waals surface area contributed by atoms with Crippen molar-refractivity contribution in [2.45, 2.75) is 18.9 Å². The average Bonchev–Trinajstić information content (AvgIpc) is 3.29. The molecule has 10 heteroatoms. The molecule has 1 saturated heterocycles. The minimum absolute atomic E-state index is 0.112. The molecule has 0 aromatic carbocycles. The Bertz CT molecular complexity index is 917. The molecular formula is C15H18N8O2. The summed E-state index contributed by atoms with van der Waals surface area (Å²) in [4.78, 5) is 22.5. The van der Waals surface area contributed by atoms with Crippen molar-refractivity contribution in [2.24, 2.45) is 7.05 Å². The number of anilines is 1. The van der Waals surface area contributed by atoms with Gasteiger partial charge in [0, 0.05) is 20.1 Å². The molecule has 130 valence electrons. The molecule has 3 aromatic rings. The van der Waals surface area contributed by atoms with E-state index in [2.05, 4.69) is 35.0 Å². The Morgan fingerprint density at radius 1 is 1.36 bits per heavy atom. The van der Waals surface area contributed by atoms with Crippen molar-refractivity contribution in [3.05, 3.63) is 24.4 Å². The quantitative estimate of drug-likeness (QED) is 0.637. The third kappa shape index (κ3) is 2.69. The summed E-state index contributed by atoms with van der Waals surface area (Å²) >= 11 is 0. The first-order chi connectivity index (χ1) is 12.2. The summed E-state index contributed by atoms with van der Waals surface area (Å²) < 4.78 is 8.16. The fourth-order valence-corrected chi connectivity index (χ4v) is 3.22. The first-order valence-electron chi connectivity index (χ1n) is 8.05. The average molecular weight is 342 g/mol. The van der Waals surface area contributed by atoms with Gasteiger partial charge in [0.15, 0.2) is 11.3 Å². The van der Waals surface area contributed by atoms with Crippen LogP contribution in [0.5, 0.6) is 0 Å². The number of esters is 1. The lowest BCUT2D eigenvalue weighted by molar-refractivity contribution is 0.0594. The van der Waals surface area contributed by atoms with Gasteiger partial charge >= 0.3 is 5.97 Å². The zero-order valence-corrected chi connectivity index (χ0v) is 14.0. The molecule has 4 heterocycles. The first kappa shape index (κ1) is 15.5. The van der Waals surface area contributed by atoms with Crippen LogP contribution in [0.15, 0.2) is 18.7 Å². The van der Waals surface area contributed by atoms with E-state index in [1.54, 1.807) is 28.1 Å². The normalized spacial score (nSPS) is 17.8. The number of hydrogen-bond acceptors (Lipinski definition) is 8. The number of methoxy groups -OCH3 is 1. The lowest BCUT2D eigenvalue weighted by atomic mass is 10.1. The van der Waals surface area contributed by atoms with Crippen LogP contribution in [0.3, 0.4) is 0 Å². The third-order valence-corrected chi connectivity index (χ3v) is 4.48. The van der Waals surface area contributed by atoms with Crippen molar-refractivity contribution in [1.29, 1.82) is 0 Å². The number of aromatic nitrogens is 7. The van der Waals surface area contributed by atoms with E-state index in [-0.39, 0.29) is 11.7 Å². The number of piperidine rings is 1. The molecule has 0 radical (unpaired) electrons. The van der Waals surface area contributed by atoms with Gasteiger partial charge in [-0.2, -0.15) is 5.10 Å². The molecule has 1 aliphatic heterocycles. The Morgan fingerprint density at radius 2 is 2.24 bits per heavy atom. The SMILES string of the molecule is COC(=O)c1cn(C2CCCN(c3ncnc4c3cnn4C)C2)nn1. The van der Waals surface area contributed by atoms with Crippen LogP contribution >= 0.6 is 0 Å². The second-order valence-corrected chi connectivity index (χ2v) is 6.02. The largest absolute Gasteiger partial charge is 0.464 e. The zero-order valence-electron chi connectivity index (χ0n) is 14.0. The number of rotatable bonds is 3. The van der Waals surface area contributed by atoms with E-state index in [4.69, 9.17) is 0 Å². The summed E-state index contributed by atoms with van der Waals surface area (Å²) in [6.07, 6.45) is 6.94. The van der Waals surface area contributed by atoms with Crippen molar-refractivity contribution in [1.82, 2.24) is 34.7 Å². The van der Waals surface area contributed by atoms with Crippen molar-refractivity contribution >= 4 is 22.8 Å². The van der Waals surface area contributed by atoms with Gasteiger partial charge in [-0.15, -0.1) is 5.10 Å². The van der Waals surface area contributed by atoms with Gasteiger partial charge in [0.05, 0.1) is 30.9 Å². The second-order valence-electron chi connectivity index (χ2n) is 6.02. The summed E-state index contributed by atoms with van der Waals surface area (Å²) in [5, 5.41) is 13.2. The molecule has 0 saturated carbocycles. The van der Waals surface area contributed by atoms with E-state index in [1.807, 2.05) is 7.05 Å². The lowest BCUT2D eigenvalue weighted by Crippen LogP contribution is -2.37. The van der Waals surface area contributed by atoms with Crippen LogP contribution in [0.4, 0.5) is 5.82 Å². The van der Waals surface area contributed by atoms with Gasteiger partial charge in [0.25, 0.3) is 0 Å². The molecule has 10 nitrogen and oxygen atoms in total. The Morgan fingerprint density at radius 3 is 3.08 bits per heavy atom. The Labute approximate surface area is 143 Å². The standard InChI is InChI=1S/C15H18N8O2/c1-21-13-11(6-18-21)14(17-9-16-13)22-5-3-4-10(7-22)23-8-12(19-20-23)15(24)25-2/h6,8-10H,3-5,7H2,1-2H3. The number of carbonyl (C=O) groups is 1. The predicted molar refractivity (Wildman–Crippen MR) is 88.1 cm³/mol. The number of carbonyl (C=O) groups excluding carboxylic acids is 1. The van der Waals surface area contributed by atoms with Gasteiger partial charge in [0.2, 0.25) is 0 Å². The number of fused-ring (bicyclic) bond motifs is 1. The van der Waals surface area contributed by atoms with E-state index in [0.717, 1.165) is 42.8 Å². The van der Waals surface area contributed by atoms with Crippen LogP contribution in [-0.2, 0) is 11.8 Å². The highest BCUT2D eigenvalue weighted by Crippen LogP contribution is 2.28. The van der Waals surface area contributed by atoms with Gasteiger partial charge in [-0.1, -0.05) is 5.21 Å². The van der Waals surface area contributed by atoms with Gasteiger partial charge in [-0.05, 0) is 12.8 Å². The van der Waals surface area contributed by atoms with E-state index in [1.165, 1.54) is 7.11 Å². The molecule has 25 heavy (non-hydrogen) atoms. The zero-order chi connectivity index (χ0) is 17.4. The minimum Gasteiger partial charge on any atom is -0.464 e. The molecule has 1 atom stereocenters. The maximum Gasteiger partial charge on any atom is 0.360 e. The summed E-state index contributed by atoms with van der Waals surface area (Å²) in [6, 6.07) is 0.112. The van der Waals surface area contributed by atoms with Crippen LogP contribution in [0.1, 0.15) is 29.4 Å². The summed E-state index contributed by atoms with van der Waals surface area (Å²) in [5.74, 6) is 0.392. The Balaban J connectivity index is 1.60. The smallest absolute Gasteiger partial charge is 0.360 e. The molecule has 0 amide bonds. The van der Waals surface area contributed by atoms with Crippen molar-refractivity contribution < 1.29 is 9.53 Å². The topological polar surface area (TPSA) is 104 Å². The predicted octanol–water partition coefficient (Wildman–Crippen LogP) is 0.583. The van der Waals surface area contributed by atoms with Gasteiger partial charge in [-0.25, -0.2) is 19.4 Å². The molecule has 1 fully saturated rings. The molecule has 0 spiro atoms. The van der Waals surface area contributed by atoms with Crippen LogP contribution < -0.4 is 4.90 Å². The van der Waals surface area contributed by atoms with E-state index in [0.29, 0.717) is 0 Å². The second kappa shape index (κ2) is 6.11. The molecule has 0 N–H and O–H groups in total. The van der Waals surface area contributed by atoms with Crippen molar-refractivity contribution in [2.75, 3.05) is 25.1 Å². The Hall–Kier alpha value is -3.04. The fourth-order valence-electron chi connectivity index (χ4n) is 3.22. The van der Waals surface area contributed by atoms with Gasteiger partial charge < -0.3 is 9.64 Å². The molecular weight excluding hydrogens is 324 g/mol. The monoisotopic (exact) mass is 342 g/mol. The summed E-state index contributed by atoms with van der Waals surface area (Å²) in [7, 11) is 3.19. The maximum absolute atomic E-state index is 11.6. The lowest BCUT2D eigenvalue weighted by Gasteiger charge is -2.33. The highest BCUT2D eigenvalue weighted by atomic mass is 16.5. The third-order valence-electron chi connectivity index (χ3n) is 4.48. The first-order valence-corrected chi connectivity index (χ1v) is 8.05. The number of ether oxygens (including phenoxy) is 1. The highest BCUT2D eigenvalue weighted by Gasteiger charge is 2.26. The molecule has 1 unspecified atom stereocenters. The highest BCUT2D eigenvalue weighted by molar-refractivity contribution is 5.87. The number of aryl methyl sites for hydroxylation is 1. The summed E-state index contributed by atoms with van der Waals surface area (Å²) in [5.41, 5.74) is 1.03. The Kier molecular flexibility index (Phi) is 3.79. The van der Waals surface area contributed by atoms with Crippen LogP contribution in [0.2, 0.25) is 0 Å². The van der Waals surface area contributed by atoms with Crippen LogP contribution in [0.25, 0.3) is 11.0 Å². The van der Waals surface area contributed by atoms with E-state index < -0.39 is 5.97 Å². The molecule has 3 aromatic heterocycles. The number of nitrogens with zero attached hydrogens (tertiary/aromatic N) is 8. The van der Waals surface area contributed by atoms with Crippen LogP contribution in [0, 0.1) is 0 Å².